The summed E-state index contributed by atoms with van der Waals surface area (Å²) in [7, 11) is 5.73. The maximum atomic E-state index is 6.42. The van der Waals surface area contributed by atoms with Crippen molar-refractivity contribution < 1.29 is 9.47 Å². The molecule has 4 aromatic carbocycles. The van der Waals surface area contributed by atoms with Crippen LogP contribution in [-0.4, -0.2) is 40.8 Å². The Bertz CT molecular complexity index is 1810. The molecule has 0 unspecified atom stereocenters. The zero-order valence-corrected chi connectivity index (χ0v) is 21.3. The van der Waals surface area contributed by atoms with Gasteiger partial charge in [-0.1, -0.05) is 42.5 Å². The van der Waals surface area contributed by atoms with Crippen molar-refractivity contribution in [2.45, 2.75) is 5.92 Å². The molecule has 7 nitrogen and oxygen atoms in total. The molecule has 0 N–H and O–H groups in total. The maximum Gasteiger partial charge on any atom is 0.228 e. The Labute approximate surface area is 219 Å². The van der Waals surface area contributed by atoms with E-state index in [0.29, 0.717) is 11.7 Å². The van der Waals surface area contributed by atoms with Crippen LogP contribution in [0.4, 0.5) is 5.69 Å². The summed E-state index contributed by atoms with van der Waals surface area (Å²) >= 11 is 0. The van der Waals surface area contributed by atoms with Crippen LogP contribution in [0.15, 0.2) is 91.3 Å². The second-order valence-electron chi connectivity index (χ2n) is 9.62. The molecule has 0 aliphatic carbocycles. The number of rotatable bonds is 4. The molecular weight excluding hydrogens is 474 g/mol. The summed E-state index contributed by atoms with van der Waals surface area (Å²) in [5.74, 6) is 2.63. The summed E-state index contributed by atoms with van der Waals surface area (Å²) in [6.45, 7) is 0. The zero-order chi connectivity index (χ0) is 25.8. The van der Waals surface area contributed by atoms with Gasteiger partial charge in [0, 0.05) is 36.8 Å². The minimum Gasteiger partial charge on any atom is -0.497 e. The maximum absolute atomic E-state index is 6.42. The van der Waals surface area contributed by atoms with Crippen LogP contribution in [-0.2, 0) is 0 Å². The highest BCUT2D eigenvalue weighted by molar-refractivity contribution is 5.91. The molecule has 6 aromatic rings. The quantitative estimate of drug-likeness (QED) is 0.283. The highest BCUT2D eigenvalue weighted by Crippen LogP contribution is 2.50. The summed E-state index contributed by atoms with van der Waals surface area (Å²) in [5.41, 5.74) is 5.87. The molecule has 0 spiro atoms. The van der Waals surface area contributed by atoms with Crippen molar-refractivity contribution in [2.24, 2.45) is 0 Å². The molecule has 7 heteroatoms. The highest BCUT2D eigenvalue weighted by atomic mass is 16.5. The first-order valence-corrected chi connectivity index (χ1v) is 12.5. The fraction of sp³-hybridized carbons (Fsp3) is 0.129. The first-order valence-electron chi connectivity index (χ1n) is 12.5. The Hall–Kier alpha value is -4.91. The Morgan fingerprint density at radius 1 is 0.868 bits per heavy atom. The molecule has 0 amide bonds. The van der Waals surface area contributed by atoms with Crippen LogP contribution in [0.5, 0.6) is 17.4 Å². The van der Waals surface area contributed by atoms with E-state index in [1.807, 2.05) is 44.4 Å². The van der Waals surface area contributed by atoms with Crippen molar-refractivity contribution in [3.8, 4) is 28.8 Å². The monoisotopic (exact) mass is 499 g/mol. The predicted octanol–water partition coefficient (Wildman–Crippen LogP) is 6.31. The second-order valence-corrected chi connectivity index (χ2v) is 9.62. The molecule has 0 radical (unpaired) electrons. The first-order chi connectivity index (χ1) is 18.6. The Kier molecular flexibility index (Phi) is 5.04. The van der Waals surface area contributed by atoms with E-state index >= 15 is 0 Å². The van der Waals surface area contributed by atoms with Gasteiger partial charge in [0.2, 0.25) is 5.88 Å². The van der Waals surface area contributed by atoms with Gasteiger partial charge < -0.3 is 14.4 Å². The topological polar surface area (TPSA) is 64.8 Å². The minimum atomic E-state index is -0.157. The van der Waals surface area contributed by atoms with Gasteiger partial charge >= 0.3 is 0 Å². The van der Waals surface area contributed by atoms with Crippen LogP contribution in [0.2, 0.25) is 0 Å². The van der Waals surface area contributed by atoms with Crippen LogP contribution in [0.1, 0.15) is 22.6 Å². The minimum absolute atomic E-state index is 0.157. The van der Waals surface area contributed by atoms with Gasteiger partial charge in [0.15, 0.2) is 11.5 Å². The van der Waals surface area contributed by atoms with Crippen molar-refractivity contribution in [3.63, 3.8) is 0 Å². The molecule has 3 heterocycles. The predicted molar refractivity (Wildman–Crippen MR) is 149 cm³/mol. The fourth-order valence-corrected chi connectivity index (χ4v) is 5.27. The van der Waals surface area contributed by atoms with E-state index in [0.717, 1.165) is 55.9 Å². The number of aromatic nitrogens is 4. The SMILES string of the molecule is COc1ccc([C@@H]2c3c(ccc4ccccc34)Oc3ncn4nc(-c5ccc(N(C)C)cc5)nc4c32)cc1. The number of fused-ring (bicyclic) bond motifs is 6. The Balaban J connectivity index is 1.47. The molecule has 38 heavy (non-hydrogen) atoms. The van der Waals surface area contributed by atoms with Gasteiger partial charge in [0.05, 0.1) is 12.7 Å². The zero-order valence-electron chi connectivity index (χ0n) is 21.3. The van der Waals surface area contributed by atoms with Gasteiger partial charge in [-0.25, -0.2) is 14.5 Å². The van der Waals surface area contributed by atoms with Crippen molar-refractivity contribution >= 4 is 22.1 Å². The number of hydrogen-bond acceptors (Lipinski definition) is 6. The smallest absolute Gasteiger partial charge is 0.228 e. The Morgan fingerprint density at radius 2 is 1.66 bits per heavy atom. The molecule has 1 atom stereocenters. The normalized spacial score (nSPS) is 14.1. The molecule has 186 valence electrons. The molecule has 1 aliphatic rings. The van der Waals surface area contributed by atoms with Gasteiger partial charge in [0.1, 0.15) is 17.8 Å². The lowest BCUT2D eigenvalue weighted by Gasteiger charge is -2.29. The van der Waals surface area contributed by atoms with Crippen LogP contribution in [0.25, 0.3) is 27.8 Å². The average Bonchev–Trinajstić information content (AvgIpc) is 3.41. The van der Waals surface area contributed by atoms with Gasteiger partial charge in [-0.15, -0.1) is 5.10 Å². The third kappa shape index (κ3) is 3.47. The van der Waals surface area contributed by atoms with Crippen LogP contribution in [0.3, 0.4) is 0 Å². The highest BCUT2D eigenvalue weighted by Gasteiger charge is 2.34. The van der Waals surface area contributed by atoms with E-state index < -0.39 is 0 Å². The van der Waals surface area contributed by atoms with E-state index in [2.05, 4.69) is 64.5 Å². The van der Waals surface area contributed by atoms with Crippen molar-refractivity contribution in [3.05, 3.63) is 108 Å². The van der Waals surface area contributed by atoms with Crippen LogP contribution in [0, 0.1) is 0 Å². The average molecular weight is 500 g/mol. The van der Waals surface area contributed by atoms with E-state index in [9.17, 15) is 0 Å². The summed E-state index contributed by atoms with van der Waals surface area (Å²) < 4.78 is 13.6. The van der Waals surface area contributed by atoms with E-state index in [4.69, 9.17) is 19.6 Å². The standard InChI is InChI=1S/C31H25N5O2/c1-35(2)22-13-8-21(9-14-22)29-33-30-28-26(20-10-15-23(37-3)16-11-20)27-24-7-5-4-6-19(24)12-17-25(27)38-31(28)32-18-36(30)34-29/h4-18,26H,1-3H3/t26-/m1/s1. The van der Waals surface area contributed by atoms with Gasteiger partial charge in [-0.05, 0) is 58.8 Å². The largest absolute Gasteiger partial charge is 0.497 e. The summed E-state index contributed by atoms with van der Waals surface area (Å²) in [4.78, 5) is 11.8. The van der Waals surface area contributed by atoms with E-state index in [-0.39, 0.29) is 5.92 Å². The summed E-state index contributed by atoms with van der Waals surface area (Å²) in [5, 5.41) is 7.08. The number of anilines is 1. The van der Waals surface area contributed by atoms with Gasteiger partial charge in [-0.3, -0.25) is 0 Å². The first kappa shape index (κ1) is 22.3. The number of ether oxygens (including phenoxy) is 2. The van der Waals surface area contributed by atoms with E-state index in [1.54, 1.807) is 18.0 Å². The van der Waals surface area contributed by atoms with Gasteiger partial charge in [0.25, 0.3) is 0 Å². The molecular formula is C31H25N5O2. The summed E-state index contributed by atoms with van der Waals surface area (Å²) in [6, 6.07) is 28.9. The lowest BCUT2D eigenvalue weighted by Crippen LogP contribution is -2.15. The molecule has 0 saturated heterocycles. The molecule has 0 fully saturated rings. The second kappa shape index (κ2) is 8.59. The van der Waals surface area contributed by atoms with Crippen molar-refractivity contribution in [1.82, 2.24) is 19.6 Å². The number of benzene rings is 4. The number of methoxy groups -OCH3 is 1. The fourth-order valence-electron chi connectivity index (χ4n) is 5.27. The van der Waals surface area contributed by atoms with E-state index in [1.165, 1.54) is 0 Å². The van der Waals surface area contributed by atoms with Crippen molar-refractivity contribution in [2.75, 3.05) is 26.1 Å². The third-order valence-corrected chi connectivity index (χ3v) is 7.19. The molecule has 0 bridgehead atoms. The molecule has 1 aliphatic heterocycles. The van der Waals surface area contributed by atoms with Gasteiger partial charge in [-0.2, -0.15) is 0 Å². The lowest BCUT2D eigenvalue weighted by atomic mass is 9.81. The number of nitrogens with zero attached hydrogens (tertiary/aromatic N) is 5. The summed E-state index contributed by atoms with van der Waals surface area (Å²) in [6.07, 6.45) is 1.68. The molecule has 7 rings (SSSR count). The third-order valence-electron chi connectivity index (χ3n) is 7.19. The number of hydrogen-bond donors (Lipinski definition) is 0. The molecule has 0 saturated carbocycles. The molecule has 2 aromatic heterocycles. The van der Waals surface area contributed by atoms with Crippen LogP contribution < -0.4 is 14.4 Å². The van der Waals surface area contributed by atoms with Crippen LogP contribution >= 0.6 is 0 Å². The van der Waals surface area contributed by atoms with Crippen molar-refractivity contribution in [1.29, 1.82) is 0 Å². The lowest BCUT2D eigenvalue weighted by molar-refractivity contribution is 0.414. The Morgan fingerprint density at radius 3 is 2.42 bits per heavy atom.